The zero-order chi connectivity index (χ0) is 24.4. The Kier molecular flexibility index (Phi) is 7.53. The summed E-state index contributed by atoms with van der Waals surface area (Å²) < 4.78 is 19.9. The third-order valence-electron chi connectivity index (χ3n) is 5.04. The second kappa shape index (κ2) is 10.4. The minimum Gasteiger partial charge on any atom is -0.486 e. The van der Waals surface area contributed by atoms with E-state index in [9.17, 15) is 14.0 Å². The Morgan fingerprint density at radius 2 is 1.71 bits per heavy atom. The third-order valence-corrected chi connectivity index (χ3v) is 6.86. The molecule has 0 radical (unpaired) electrons. The molecule has 4 nitrogen and oxygen atoms in total. The quantitative estimate of drug-likeness (QED) is 0.300. The number of rotatable bonds is 6. The van der Waals surface area contributed by atoms with E-state index >= 15 is 0 Å². The first kappa shape index (κ1) is 24.6. The molecule has 4 rings (SSSR count). The lowest BCUT2D eigenvalue weighted by Crippen LogP contribution is -2.28. The monoisotopic (exact) mass is 535 g/mol. The predicted molar refractivity (Wildman–Crippen MR) is 135 cm³/mol. The highest BCUT2D eigenvalue weighted by Crippen LogP contribution is 2.38. The van der Waals surface area contributed by atoms with Crippen molar-refractivity contribution in [3.05, 3.63) is 103 Å². The lowest BCUT2D eigenvalue weighted by molar-refractivity contribution is -0.123. The van der Waals surface area contributed by atoms with E-state index in [1.165, 1.54) is 24.3 Å². The van der Waals surface area contributed by atoms with Crippen molar-refractivity contribution >= 4 is 63.8 Å². The summed E-state index contributed by atoms with van der Waals surface area (Å²) in [4.78, 5) is 26.4. The molecule has 34 heavy (non-hydrogen) atoms. The van der Waals surface area contributed by atoms with Gasteiger partial charge >= 0.3 is 0 Å². The molecule has 1 fully saturated rings. The fourth-order valence-corrected chi connectivity index (χ4v) is 5.06. The third kappa shape index (κ3) is 5.41. The number of carbonyl (C=O) groups is 2. The summed E-state index contributed by atoms with van der Waals surface area (Å²) in [5.74, 6) is -0.819. The number of amides is 2. The maximum Gasteiger partial charge on any atom is 0.293 e. The molecule has 1 aliphatic rings. The lowest BCUT2D eigenvalue weighted by Gasteiger charge is -2.14. The van der Waals surface area contributed by atoms with Crippen molar-refractivity contribution in [2.75, 3.05) is 0 Å². The normalized spacial score (nSPS) is 14.9. The molecule has 0 aromatic heterocycles. The van der Waals surface area contributed by atoms with Crippen LogP contribution in [0.4, 0.5) is 9.18 Å². The van der Waals surface area contributed by atoms with Crippen molar-refractivity contribution < 1.29 is 18.7 Å². The van der Waals surface area contributed by atoms with Gasteiger partial charge in [0.2, 0.25) is 0 Å². The predicted octanol–water partition coefficient (Wildman–Crippen LogP) is 7.91. The Bertz CT molecular complexity index is 1290. The molecule has 0 spiro atoms. The highest BCUT2D eigenvalue weighted by atomic mass is 35.5. The average molecular weight is 537 g/mol. The van der Waals surface area contributed by atoms with E-state index < -0.39 is 17.0 Å². The molecule has 0 atom stereocenters. The van der Waals surface area contributed by atoms with E-state index in [0.717, 1.165) is 27.8 Å². The molecule has 3 aromatic carbocycles. The SMILES string of the molecule is Cc1cccc(COc2c(Cl)cc(/C=C3\SC(=O)N(Cc4c(F)cccc4Cl)C3=O)cc2Cl)c1. The van der Waals surface area contributed by atoms with Crippen LogP contribution in [-0.4, -0.2) is 16.0 Å². The summed E-state index contributed by atoms with van der Waals surface area (Å²) in [6, 6.07) is 15.2. The van der Waals surface area contributed by atoms with Gasteiger partial charge in [-0.05, 0) is 60.2 Å². The number of imide groups is 1. The first-order valence-electron chi connectivity index (χ1n) is 10.1. The van der Waals surface area contributed by atoms with E-state index in [4.69, 9.17) is 39.5 Å². The van der Waals surface area contributed by atoms with Gasteiger partial charge in [-0.15, -0.1) is 0 Å². The van der Waals surface area contributed by atoms with Crippen LogP contribution < -0.4 is 4.74 Å². The van der Waals surface area contributed by atoms with E-state index in [2.05, 4.69) is 0 Å². The standard InChI is InChI=1S/C25H17Cl3FNO3S/c1-14-4-2-5-15(8-14)13-33-23-19(27)9-16(10-20(23)28)11-22-24(31)30(25(32)34-22)12-17-18(26)6-3-7-21(17)29/h2-11H,12-13H2,1H3/b22-11-. The number of aryl methyl sites for hydroxylation is 1. The van der Waals surface area contributed by atoms with Gasteiger partial charge in [-0.1, -0.05) is 70.7 Å². The van der Waals surface area contributed by atoms with Crippen molar-refractivity contribution in [3.63, 3.8) is 0 Å². The van der Waals surface area contributed by atoms with Crippen molar-refractivity contribution in [3.8, 4) is 5.75 Å². The van der Waals surface area contributed by atoms with Gasteiger partial charge in [0, 0.05) is 10.6 Å². The van der Waals surface area contributed by atoms with E-state index in [1.807, 2.05) is 31.2 Å². The Morgan fingerprint density at radius 1 is 1.00 bits per heavy atom. The van der Waals surface area contributed by atoms with Crippen molar-refractivity contribution in [1.29, 1.82) is 0 Å². The molecule has 9 heteroatoms. The number of hydrogen-bond donors (Lipinski definition) is 0. The van der Waals surface area contributed by atoms with Gasteiger partial charge in [-0.25, -0.2) is 4.39 Å². The Hall–Kier alpha value is -2.51. The van der Waals surface area contributed by atoms with Crippen LogP contribution in [0.5, 0.6) is 5.75 Å². The number of benzene rings is 3. The number of thioether (sulfide) groups is 1. The second-order valence-corrected chi connectivity index (χ2v) is 9.77. The Labute approximate surface area is 215 Å². The van der Waals surface area contributed by atoms with Crippen LogP contribution in [0.15, 0.2) is 59.5 Å². The number of halogens is 4. The van der Waals surface area contributed by atoms with E-state index in [-0.39, 0.29) is 38.7 Å². The smallest absolute Gasteiger partial charge is 0.293 e. The molecule has 0 unspecified atom stereocenters. The number of carbonyl (C=O) groups excluding carboxylic acids is 2. The minimum absolute atomic E-state index is 0.0777. The molecular weight excluding hydrogens is 520 g/mol. The van der Waals surface area contributed by atoms with Crippen LogP contribution >= 0.6 is 46.6 Å². The fourth-order valence-electron chi connectivity index (χ4n) is 3.39. The van der Waals surface area contributed by atoms with Gasteiger partial charge < -0.3 is 4.74 Å². The molecule has 1 aliphatic heterocycles. The molecular formula is C25H17Cl3FNO3S. The molecule has 1 heterocycles. The van der Waals surface area contributed by atoms with Crippen LogP contribution in [-0.2, 0) is 17.9 Å². The summed E-state index contributed by atoms with van der Waals surface area (Å²) in [6.45, 7) is 2.02. The van der Waals surface area contributed by atoms with Crippen LogP contribution in [0, 0.1) is 12.7 Å². The summed E-state index contributed by atoms with van der Waals surface area (Å²) in [5.41, 5.74) is 2.68. The second-order valence-electron chi connectivity index (χ2n) is 7.56. The number of nitrogens with zero attached hydrogens (tertiary/aromatic N) is 1. The van der Waals surface area contributed by atoms with Crippen molar-refractivity contribution in [2.24, 2.45) is 0 Å². The zero-order valence-corrected chi connectivity index (χ0v) is 20.9. The number of hydrogen-bond acceptors (Lipinski definition) is 4. The van der Waals surface area contributed by atoms with Crippen molar-refractivity contribution in [2.45, 2.75) is 20.1 Å². The van der Waals surface area contributed by atoms with Gasteiger partial charge in [-0.3, -0.25) is 14.5 Å². The van der Waals surface area contributed by atoms with Gasteiger partial charge in [-0.2, -0.15) is 0 Å². The molecule has 3 aromatic rings. The summed E-state index contributed by atoms with van der Waals surface area (Å²) >= 11 is 19.6. The highest BCUT2D eigenvalue weighted by molar-refractivity contribution is 8.18. The zero-order valence-electron chi connectivity index (χ0n) is 17.8. The average Bonchev–Trinajstić information content (AvgIpc) is 3.03. The number of ether oxygens (including phenoxy) is 1. The van der Waals surface area contributed by atoms with Crippen LogP contribution in [0.25, 0.3) is 6.08 Å². The minimum atomic E-state index is -0.588. The Balaban J connectivity index is 1.52. The summed E-state index contributed by atoms with van der Waals surface area (Å²) in [5, 5.41) is 0.154. The van der Waals surface area contributed by atoms with Gasteiger partial charge in [0.05, 0.1) is 21.5 Å². The Morgan fingerprint density at radius 3 is 2.38 bits per heavy atom. The van der Waals surface area contributed by atoms with Gasteiger partial charge in [0.25, 0.3) is 11.1 Å². The lowest BCUT2D eigenvalue weighted by atomic mass is 10.1. The molecule has 1 saturated heterocycles. The summed E-state index contributed by atoms with van der Waals surface area (Å²) in [7, 11) is 0. The molecule has 0 saturated carbocycles. The molecule has 174 valence electrons. The topological polar surface area (TPSA) is 46.6 Å². The van der Waals surface area contributed by atoms with Crippen LogP contribution in [0.1, 0.15) is 22.3 Å². The van der Waals surface area contributed by atoms with E-state index in [0.29, 0.717) is 11.3 Å². The first-order valence-corrected chi connectivity index (χ1v) is 12.0. The molecule has 2 amide bonds. The van der Waals surface area contributed by atoms with Crippen molar-refractivity contribution in [1.82, 2.24) is 4.90 Å². The van der Waals surface area contributed by atoms with Crippen LogP contribution in [0.2, 0.25) is 15.1 Å². The molecule has 0 aliphatic carbocycles. The first-order chi connectivity index (χ1) is 16.2. The van der Waals surface area contributed by atoms with Crippen LogP contribution in [0.3, 0.4) is 0 Å². The molecule has 0 bridgehead atoms. The maximum absolute atomic E-state index is 14.1. The fraction of sp³-hybridized carbons (Fsp3) is 0.120. The largest absolute Gasteiger partial charge is 0.486 e. The maximum atomic E-state index is 14.1. The molecule has 0 N–H and O–H groups in total. The van der Waals surface area contributed by atoms with E-state index in [1.54, 1.807) is 12.1 Å². The van der Waals surface area contributed by atoms with Gasteiger partial charge in [0.15, 0.2) is 5.75 Å². The summed E-state index contributed by atoms with van der Waals surface area (Å²) in [6.07, 6.45) is 1.51. The highest BCUT2D eigenvalue weighted by Gasteiger charge is 2.36. The van der Waals surface area contributed by atoms with Gasteiger partial charge in [0.1, 0.15) is 12.4 Å².